The Kier molecular flexibility index (Phi) is 4.99. The van der Waals surface area contributed by atoms with Gasteiger partial charge >= 0.3 is 0 Å². The van der Waals surface area contributed by atoms with Gasteiger partial charge in [0.2, 0.25) is 0 Å². The number of ether oxygens (including phenoxy) is 1. The van der Waals surface area contributed by atoms with Crippen LogP contribution in [0.25, 0.3) is 0 Å². The van der Waals surface area contributed by atoms with Crippen molar-refractivity contribution < 1.29 is 9.13 Å². The summed E-state index contributed by atoms with van der Waals surface area (Å²) in [7, 11) is 0. The standard InChI is InChI=1S/C10H11BrFNO.ClH/c11-9-2-1-7(12)5-8(9)10-6-14-4-3-13-10;/h1-2,5,10,13H,3-4,6H2;1H/t10-;/m1./s1. The number of benzene rings is 1. The van der Waals surface area contributed by atoms with Gasteiger partial charge in [-0.05, 0) is 23.8 Å². The molecule has 0 saturated carbocycles. The van der Waals surface area contributed by atoms with E-state index >= 15 is 0 Å². The molecule has 0 amide bonds. The molecule has 1 aromatic carbocycles. The summed E-state index contributed by atoms with van der Waals surface area (Å²) in [6.07, 6.45) is 0. The van der Waals surface area contributed by atoms with E-state index in [2.05, 4.69) is 21.2 Å². The smallest absolute Gasteiger partial charge is 0.123 e. The molecule has 0 bridgehead atoms. The van der Waals surface area contributed by atoms with Crippen LogP contribution >= 0.6 is 28.3 Å². The summed E-state index contributed by atoms with van der Waals surface area (Å²) in [6, 6.07) is 4.79. The molecule has 0 aromatic heterocycles. The Labute approximate surface area is 103 Å². The maximum absolute atomic E-state index is 13.0. The van der Waals surface area contributed by atoms with Crippen LogP contribution in [0.4, 0.5) is 4.39 Å². The van der Waals surface area contributed by atoms with Crippen molar-refractivity contribution in [2.75, 3.05) is 19.8 Å². The number of hydrogen-bond donors (Lipinski definition) is 1. The Hall–Kier alpha value is -0.160. The molecule has 1 aliphatic heterocycles. The molecular formula is C10H12BrClFNO. The van der Waals surface area contributed by atoms with Crippen LogP contribution in [0.2, 0.25) is 0 Å². The van der Waals surface area contributed by atoms with Crippen LogP contribution in [0.1, 0.15) is 11.6 Å². The van der Waals surface area contributed by atoms with Crippen LogP contribution in [0.15, 0.2) is 22.7 Å². The predicted molar refractivity (Wildman–Crippen MR) is 62.9 cm³/mol. The Morgan fingerprint density at radius 2 is 2.27 bits per heavy atom. The molecule has 0 aliphatic carbocycles. The van der Waals surface area contributed by atoms with Crippen molar-refractivity contribution in [3.8, 4) is 0 Å². The monoisotopic (exact) mass is 295 g/mol. The van der Waals surface area contributed by atoms with Crippen molar-refractivity contribution in [1.82, 2.24) is 5.32 Å². The minimum Gasteiger partial charge on any atom is -0.378 e. The second kappa shape index (κ2) is 5.80. The lowest BCUT2D eigenvalue weighted by atomic mass is 10.1. The Morgan fingerprint density at radius 1 is 1.47 bits per heavy atom. The predicted octanol–water partition coefficient (Wildman–Crippen LogP) is 2.67. The third kappa shape index (κ3) is 3.14. The number of hydrogen-bond acceptors (Lipinski definition) is 2. The number of nitrogens with one attached hydrogen (secondary N) is 1. The van der Waals surface area contributed by atoms with E-state index in [1.807, 2.05) is 0 Å². The van der Waals surface area contributed by atoms with Gasteiger partial charge in [-0.25, -0.2) is 4.39 Å². The van der Waals surface area contributed by atoms with Crippen LogP contribution in [-0.2, 0) is 4.74 Å². The maximum atomic E-state index is 13.0. The fourth-order valence-electron chi connectivity index (χ4n) is 1.55. The molecule has 0 spiro atoms. The van der Waals surface area contributed by atoms with Crippen molar-refractivity contribution in [2.45, 2.75) is 6.04 Å². The van der Waals surface area contributed by atoms with E-state index in [9.17, 15) is 4.39 Å². The maximum Gasteiger partial charge on any atom is 0.123 e. The molecule has 84 valence electrons. The molecule has 5 heteroatoms. The van der Waals surface area contributed by atoms with Gasteiger partial charge < -0.3 is 10.1 Å². The molecule has 2 nitrogen and oxygen atoms in total. The van der Waals surface area contributed by atoms with Crippen molar-refractivity contribution in [2.24, 2.45) is 0 Å². The van der Waals surface area contributed by atoms with E-state index in [4.69, 9.17) is 4.74 Å². The lowest BCUT2D eigenvalue weighted by Crippen LogP contribution is -2.34. The summed E-state index contributed by atoms with van der Waals surface area (Å²) in [6.45, 7) is 2.14. The highest BCUT2D eigenvalue weighted by Gasteiger charge is 2.17. The number of morpholine rings is 1. The highest BCUT2D eigenvalue weighted by molar-refractivity contribution is 9.10. The van der Waals surface area contributed by atoms with E-state index in [-0.39, 0.29) is 24.3 Å². The molecule has 0 unspecified atom stereocenters. The zero-order valence-electron chi connectivity index (χ0n) is 8.00. The summed E-state index contributed by atoms with van der Waals surface area (Å²) in [5.74, 6) is -0.212. The first-order valence-electron chi connectivity index (χ1n) is 4.53. The van der Waals surface area contributed by atoms with Gasteiger partial charge in [0.25, 0.3) is 0 Å². The topological polar surface area (TPSA) is 21.3 Å². The van der Waals surface area contributed by atoms with Crippen molar-refractivity contribution in [3.05, 3.63) is 34.1 Å². The summed E-state index contributed by atoms with van der Waals surface area (Å²) in [5, 5.41) is 3.28. The Bertz CT molecular complexity index is 331. The van der Waals surface area contributed by atoms with Crippen molar-refractivity contribution >= 4 is 28.3 Å². The SMILES string of the molecule is Cl.Fc1ccc(Br)c([C@H]2COCCN2)c1. The second-order valence-corrected chi connectivity index (χ2v) is 4.10. The van der Waals surface area contributed by atoms with Crippen molar-refractivity contribution in [3.63, 3.8) is 0 Å². The molecule has 1 aromatic rings. The first-order chi connectivity index (χ1) is 6.77. The zero-order valence-corrected chi connectivity index (χ0v) is 10.4. The molecule has 1 N–H and O–H groups in total. The quantitative estimate of drug-likeness (QED) is 0.860. The third-order valence-corrected chi connectivity index (χ3v) is 2.98. The molecule has 1 saturated heterocycles. The van der Waals surface area contributed by atoms with E-state index in [0.717, 1.165) is 23.2 Å². The molecule has 1 aliphatic rings. The van der Waals surface area contributed by atoms with Gasteiger partial charge in [0, 0.05) is 11.0 Å². The van der Waals surface area contributed by atoms with E-state index in [1.165, 1.54) is 12.1 Å². The molecule has 1 atom stereocenters. The minimum absolute atomic E-state index is 0. The van der Waals surface area contributed by atoms with Gasteiger partial charge in [0.1, 0.15) is 5.82 Å². The van der Waals surface area contributed by atoms with Crippen LogP contribution in [0.5, 0.6) is 0 Å². The molecule has 15 heavy (non-hydrogen) atoms. The fourth-order valence-corrected chi connectivity index (χ4v) is 2.07. The fraction of sp³-hybridized carbons (Fsp3) is 0.400. The summed E-state index contributed by atoms with van der Waals surface area (Å²) < 4.78 is 19.3. The average Bonchev–Trinajstić information content (AvgIpc) is 2.23. The summed E-state index contributed by atoms with van der Waals surface area (Å²) in [5.41, 5.74) is 0.921. The van der Waals surface area contributed by atoms with Crippen LogP contribution in [0, 0.1) is 5.82 Å². The van der Waals surface area contributed by atoms with Gasteiger partial charge in [-0.1, -0.05) is 15.9 Å². The number of halogens is 3. The third-order valence-electron chi connectivity index (χ3n) is 2.26. The number of rotatable bonds is 1. The molecule has 2 rings (SSSR count). The summed E-state index contributed by atoms with van der Waals surface area (Å²) >= 11 is 3.40. The molecule has 1 fully saturated rings. The Balaban J connectivity index is 0.00000112. The largest absolute Gasteiger partial charge is 0.378 e. The Morgan fingerprint density at radius 3 is 2.93 bits per heavy atom. The van der Waals surface area contributed by atoms with E-state index in [1.54, 1.807) is 6.07 Å². The molecule has 0 radical (unpaired) electrons. The van der Waals surface area contributed by atoms with E-state index in [0.29, 0.717) is 6.61 Å². The zero-order chi connectivity index (χ0) is 9.97. The van der Waals surface area contributed by atoms with Gasteiger partial charge in [0.15, 0.2) is 0 Å². The first kappa shape index (κ1) is 12.9. The van der Waals surface area contributed by atoms with E-state index < -0.39 is 0 Å². The van der Waals surface area contributed by atoms with Gasteiger partial charge in [-0.2, -0.15) is 0 Å². The normalized spacial score (nSPS) is 20.8. The van der Waals surface area contributed by atoms with Crippen LogP contribution in [-0.4, -0.2) is 19.8 Å². The lowest BCUT2D eigenvalue weighted by molar-refractivity contribution is 0.0766. The highest BCUT2D eigenvalue weighted by atomic mass is 79.9. The van der Waals surface area contributed by atoms with Gasteiger partial charge in [0.05, 0.1) is 19.3 Å². The van der Waals surface area contributed by atoms with Crippen molar-refractivity contribution in [1.29, 1.82) is 0 Å². The second-order valence-electron chi connectivity index (χ2n) is 3.25. The van der Waals surface area contributed by atoms with Gasteiger partial charge in [-0.15, -0.1) is 12.4 Å². The van der Waals surface area contributed by atoms with Crippen LogP contribution in [0.3, 0.4) is 0 Å². The van der Waals surface area contributed by atoms with Crippen LogP contribution < -0.4 is 5.32 Å². The summed E-state index contributed by atoms with van der Waals surface area (Å²) in [4.78, 5) is 0. The first-order valence-corrected chi connectivity index (χ1v) is 5.33. The molecule has 1 heterocycles. The van der Waals surface area contributed by atoms with Gasteiger partial charge in [-0.3, -0.25) is 0 Å². The highest BCUT2D eigenvalue weighted by Crippen LogP contribution is 2.25. The molecular weight excluding hydrogens is 284 g/mol. The lowest BCUT2D eigenvalue weighted by Gasteiger charge is -2.25. The average molecular weight is 297 g/mol. The minimum atomic E-state index is -0.212.